The molecule has 0 fully saturated rings. The lowest BCUT2D eigenvalue weighted by Crippen LogP contribution is -2.29. The third-order valence-electron chi connectivity index (χ3n) is 0.818. The molecule has 1 amide bonds. The highest BCUT2D eigenvalue weighted by Crippen LogP contribution is 1.90. The number of hydrogen-bond donors (Lipinski definition) is 0. The van der Waals surface area contributed by atoms with Crippen molar-refractivity contribution in [2.75, 3.05) is 6.54 Å². The monoisotopic (exact) mass is 150 g/mol. The number of hydrogen-bond acceptors (Lipinski definition) is 3. The Morgan fingerprint density at radius 3 is 2.22 bits per heavy atom. The van der Waals surface area contributed by atoms with Crippen LogP contribution in [0.3, 0.4) is 0 Å². The van der Waals surface area contributed by atoms with Gasteiger partial charge in [0.05, 0.1) is 0 Å². The highest BCUT2D eigenvalue weighted by molar-refractivity contribution is 7.77. The van der Waals surface area contributed by atoms with Crippen molar-refractivity contribution in [1.82, 2.24) is 4.31 Å². The molecule has 5 heteroatoms. The summed E-state index contributed by atoms with van der Waals surface area (Å²) in [5.74, 6) is -0.453. The number of carbonyl (C=O) groups excluding carboxylic acids is 1. The van der Waals surface area contributed by atoms with Crippen LogP contribution >= 0.6 is 0 Å². The zero-order chi connectivity index (χ0) is 7.44. The van der Waals surface area contributed by atoms with Crippen molar-refractivity contribution < 1.29 is 13.6 Å². The molecule has 9 heavy (non-hydrogen) atoms. The zero-order valence-electron chi connectivity index (χ0n) is 5.29. The van der Waals surface area contributed by atoms with Gasteiger partial charge in [-0.05, 0) is 6.92 Å². The molecule has 0 aliphatic carbocycles. The number of amides is 1. The van der Waals surface area contributed by atoms with Crippen LogP contribution in [0.25, 0.3) is 0 Å². The van der Waals surface area contributed by atoms with Crippen LogP contribution in [0.15, 0.2) is 0 Å². The van der Waals surface area contributed by atoms with Crippen molar-refractivity contribution >= 4 is 17.2 Å². The molecule has 0 bridgehead atoms. The van der Waals surface area contributed by atoms with Gasteiger partial charge in [0.15, 0.2) is 0 Å². The maximum atomic E-state index is 10.3. The van der Waals surface area contributed by atoms with Crippen LogP contribution in [0, 0.1) is 0 Å². The second kappa shape index (κ2) is 3.58. The van der Waals surface area contributed by atoms with Gasteiger partial charge in [-0.2, -0.15) is 0 Å². The average molecular weight is 150 g/mol. The van der Waals surface area contributed by atoms with Crippen molar-refractivity contribution in [3.05, 3.63) is 0 Å². The van der Waals surface area contributed by atoms with E-state index in [4.69, 9.17) is 0 Å². The van der Waals surface area contributed by atoms with Crippen molar-refractivity contribution in [1.29, 1.82) is 0 Å². The Hall–Kier alpha value is -0.420. The third-order valence-corrected chi connectivity index (χ3v) is 1.69. The third kappa shape index (κ3) is 2.57. The molecule has 0 saturated heterocycles. The molecule has 0 saturated carbocycles. The van der Waals surface area contributed by atoms with Crippen LogP contribution in [-0.4, -0.2) is 25.5 Å². The largest absolute Gasteiger partial charge is 0.755 e. The standard InChI is InChI=1S/C4H9NO3S/c1-3-5(4(2)6)9(7)8/h3H2,1-2H3,(H,7,8)/p-1. The van der Waals surface area contributed by atoms with E-state index >= 15 is 0 Å². The highest BCUT2D eigenvalue weighted by Gasteiger charge is 2.03. The molecule has 1 unspecified atom stereocenters. The molecule has 0 spiro atoms. The van der Waals surface area contributed by atoms with E-state index in [0.717, 1.165) is 4.31 Å². The molecule has 1 atom stereocenters. The van der Waals surface area contributed by atoms with Crippen molar-refractivity contribution in [2.24, 2.45) is 0 Å². The second-order valence-electron chi connectivity index (χ2n) is 1.43. The van der Waals surface area contributed by atoms with Gasteiger partial charge in [0.2, 0.25) is 5.91 Å². The molecular formula is C4H8NO3S-. The van der Waals surface area contributed by atoms with Gasteiger partial charge in [0.1, 0.15) is 0 Å². The Balaban J connectivity index is 3.99. The van der Waals surface area contributed by atoms with Gasteiger partial charge >= 0.3 is 0 Å². The molecule has 54 valence electrons. The van der Waals surface area contributed by atoms with Crippen LogP contribution in [-0.2, 0) is 16.1 Å². The summed E-state index contributed by atoms with van der Waals surface area (Å²) in [6.07, 6.45) is 0. The lowest BCUT2D eigenvalue weighted by molar-refractivity contribution is -0.124. The minimum absolute atomic E-state index is 0.200. The minimum atomic E-state index is -2.40. The van der Waals surface area contributed by atoms with Gasteiger partial charge in [-0.3, -0.25) is 13.3 Å². The molecule has 0 N–H and O–H groups in total. The topological polar surface area (TPSA) is 60.4 Å². The molecular weight excluding hydrogens is 142 g/mol. The van der Waals surface area contributed by atoms with Crippen molar-refractivity contribution in [2.45, 2.75) is 13.8 Å². The fraction of sp³-hybridized carbons (Fsp3) is 0.750. The smallest absolute Gasteiger partial charge is 0.230 e. The maximum absolute atomic E-state index is 10.3. The summed E-state index contributed by atoms with van der Waals surface area (Å²) < 4.78 is 20.9. The van der Waals surface area contributed by atoms with Crippen LogP contribution in [0.1, 0.15) is 13.8 Å². The first-order valence-electron chi connectivity index (χ1n) is 2.47. The summed E-state index contributed by atoms with van der Waals surface area (Å²) in [5.41, 5.74) is 0. The van der Waals surface area contributed by atoms with Crippen molar-refractivity contribution in [3.63, 3.8) is 0 Å². The molecule has 0 heterocycles. The Morgan fingerprint density at radius 2 is 2.22 bits per heavy atom. The quantitative estimate of drug-likeness (QED) is 0.505. The lowest BCUT2D eigenvalue weighted by Gasteiger charge is -2.20. The van der Waals surface area contributed by atoms with E-state index in [1.807, 2.05) is 0 Å². The Morgan fingerprint density at radius 1 is 1.78 bits per heavy atom. The molecule has 0 aromatic heterocycles. The van der Waals surface area contributed by atoms with Crippen LogP contribution in [0.4, 0.5) is 0 Å². The SMILES string of the molecule is CCN(C(C)=O)S(=O)[O-]. The Labute approximate surface area is 56.3 Å². The van der Waals surface area contributed by atoms with E-state index in [1.165, 1.54) is 6.92 Å². The predicted molar refractivity (Wildman–Crippen MR) is 32.0 cm³/mol. The summed E-state index contributed by atoms with van der Waals surface area (Å²) >= 11 is -2.40. The Kier molecular flexibility index (Phi) is 3.41. The fourth-order valence-corrected chi connectivity index (χ4v) is 0.854. The molecule has 0 rings (SSSR count). The summed E-state index contributed by atoms with van der Waals surface area (Å²) in [4.78, 5) is 10.3. The molecule has 0 aromatic rings. The van der Waals surface area contributed by atoms with Gasteiger partial charge in [-0.1, -0.05) is 0 Å². The van der Waals surface area contributed by atoms with Gasteiger partial charge in [-0.15, -0.1) is 0 Å². The summed E-state index contributed by atoms with van der Waals surface area (Å²) in [7, 11) is 0. The molecule has 4 nitrogen and oxygen atoms in total. The van der Waals surface area contributed by atoms with Gasteiger partial charge in [-0.25, -0.2) is 0 Å². The molecule has 0 aliphatic heterocycles. The maximum Gasteiger partial charge on any atom is 0.230 e. The van der Waals surface area contributed by atoms with E-state index in [1.54, 1.807) is 6.92 Å². The van der Waals surface area contributed by atoms with Crippen LogP contribution in [0.2, 0.25) is 0 Å². The molecule has 0 radical (unpaired) electrons. The predicted octanol–water partition coefficient (Wildman–Crippen LogP) is -0.351. The normalized spacial score (nSPS) is 12.8. The average Bonchev–Trinajstić information content (AvgIpc) is 1.64. The zero-order valence-corrected chi connectivity index (χ0v) is 6.10. The first-order valence-corrected chi connectivity index (χ1v) is 3.50. The molecule has 0 aromatic carbocycles. The first-order chi connectivity index (χ1) is 4.09. The molecule has 0 aliphatic rings. The van der Waals surface area contributed by atoms with E-state index < -0.39 is 17.2 Å². The fourth-order valence-electron chi connectivity index (χ4n) is 0.433. The van der Waals surface area contributed by atoms with Gasteiger partial charge < -0.3 is 4.55 Å². The van der Waals surface area contributed by atoms with Gasteiger partial charge in [0, 0.05) is 24.7 Å². The number of carbonyl (C=O) groups is 1. The van der Waals surface area contributed by atoms with Crippen molar-refractivity contribution in [3.8, 4) is 0 Å². The minimum Gasteiger partial charge on any atom is -0.755 e. The summed E-state index contributed by atoms with van der Waals surface area (Å²) in [5, 5.41) is 0. The highest BCUT2D eigenvalue weighted by atomic mass is 32.2. The van der Waals surface area contributed by atoms with E-state index in [9.17, 15) is 13.6 Å². The van der Waals surface area contributed by atoms with E-state index in [-0.39, 0.29) is 6.54 Å². The summed E-state index contributed by atoms with van der Waals surface area (Å²) in [6.45, 7) is 3.00. The summed E-state index contributed by atoms with van der Waals surface area (Å²) in [6, 6.07) is 0. The van der Waals surface area contributed by atoms with Crippen LogP contribution < -0.4 is 0 Å². The Bertz CT molecular complexity index is 122. The number of nitrogens with zero attached hydrogens (tertiary/aromatic N) is 1. The lowest BCUT2D eigenvalue weighted by atomic mass is 10.6. The van der Waals surface area contributed by atoms with Gasteiger partial charge in [0.25, 0.3) is 0 Å². The van der Waals surface area contributed by atoms with E-state index in [0.29, 0.717) is 0 Å². The second-order valence-corrected chi connectivity index (χ2v) is 2.31. The number of rotatable bonds is 2. The van der Waals surface area contributed by atoms with Crippen LogP contribution in [0.5, 0.6) is 0 Å². The van der Waals surface area contributed by atoms with E-state index in [2.05, 4.69) is 0 Å². The first kappa shape index (κ1) is 8.58.